The molecule has 0 radical (unpaired) electrons. The molecule has 3 atom stereocenters. The van der Waals surface area contributed by atoms with E-state index in [1.54, 1.807) is 4.90 Å². The summed E-state index contributed by atoms with van der Waals surface area (Å²) in [6, 6.07) is -1.61. The summed E-state index contributed by atoms with van der Waals surface area (Å²) in [6.07, 6.45) is 0.687. The third kappa shape index (κ3) is 2.78. The van der Waals surface area contributed by atoms with Crippen LogP contribution in [0.1, 0.15) is 53.7 Å². The van der Waals surface area contributed by atoms with E-state index >= 15 is 0 Å². The molecule has 1 aromatic rings. The van der Waals surface area contributed by atoms with Crippen LogP contribution in [0.5, 0.6) is 0 Å². The lowest BCUT2D eigenvalue weighted by Gasteiger charge is -2.44. The van der Waals surface area contributed by atoms with Gasteiger partial charge in [0.05, 0.1) is 6.04 Å². The third-order valence-corrected chi connectivity index (χ3v) is 4.90. The summed E-state index contributed by atoms with van der Waals surface area (Å²) in [5.41, 5.74) is 10.1. The van der Waals surface area contributed by atoms with Crippen molar-refractivity contribution in [2.24, 2.45) is 17.4 Å². The maximum atomic E-state index is 12.6. The van der Waals surface area contributed by atoms with Crippen molar-refractivity contribution >= 4 is 23.6 Å². The van der Waals surface area contributed by atoms with Crippen molar-refractivity contribution in [2.45, 2.75) is 44.8 Å². The lowest BCUT2D eigenvalue weighted by molar-refractivity contribution is -0.153. The monoisotopic (exact) mass is 363 g/mol. The quantitative estimate of drug-likeness (QED) is 0.568. The SMILES string of the molecule is CC(C)C1NC(=O)C2CC(n3nnc(C(N)=O)c3C(N)=O)CCN2C1=O. The first-order valence-electron chi connectivity index (χ1n) is 8.38. The van der Waals surface area contributed by atoms with Crippen LogP contribution in [0.2, 0.25) is 0 Å². The van der Waals surface area contributed by atoms with Gasteiger partial charge in [0.25, 0.3) is 11.8 Å². The second-order valence-corrected chi connectivity index (χ2v) is 6.92. The molecule has 4 amide bonds. The van der Waals surface area contributed by atoms with E-state index in [0.717, 1.165) is 0 Å². The van der Waals surface area contributed by atoms with Gasteiger partial charge >= 0.3 is 0 Å². The molecule has 0 aliphatic carbocycles. The molecule has 2 saturated heterocycles. The van der Waals surface area contributed by atoms with Crippen molar-refractivity contribution in [1.82, 2.24) is 25.2 Å². The molecule has 2 fully saturated rings. The fraction of sp³-hybridized carbons (Fsp3) is 0.600. The Morgan fingerprint density at radius 2 is 1.92 bits per heavy atom. The minimum atomic E-state index is -0.909. The van der Waals surface area contributed by atoms with E-state index in [0.29, 0.717) is 13.0 Å². The highest BCUT2D eigenvalue weighted by atomic mass is 16.2. The lowest BCUT2D eigenvalue weighted by Crippen LogP contribution is -2.66. The van der Waals surface area contributed by atoms with Gasteiger partial charge in [0.1, 0.15) is 12.1 Å². The van der Waals surface area contributed by atoms with Crippen molar-refractivity contribution in [3.05, 3.63) is 11.4 Å². The normalized spacial score (nSPS) is 25.8. The number of rotatable bonds is 4. The zero-order valence-corrected chi connectivity index (χ0v) is 14.5. The Morgan fingerprint density at radius 3 is 2.50 bits per heavy atom. The molecular weight excluding hydrogens is 342 g/mol. The standard InChI is InChI=1S/C15H21N7O4/c1-6(2)9-15(26)21-4-3-7(5-8(21)14(25)18-9)22-11(13(17)24)10(12(16)23)19-20-22/h6-9H,3-5H2,1-2H3,(H2,16,23)(H2,17,24)(H,18,25). The van der Waals surface area contributed by atoms with Crippen LogP contribution in [0.3, 0.4) is 0 Å². The van der Waals surface area contributed by atoms with Gasteiger partial charge in [-0.25, -0.2) is 4.68 Å². The van der Waals surface area contributed by atoms with Gasteiger partial charge in [0.15, 0.2) is 11.4 Å². The van der Waals surface area contributed by atoms with Crippen molar-refractivity contribution in [2.75, 3.05) is 6.54 Å². The molecular formula is C15H21N7O4. The number of piperazine rings is 1. The molecule has 0 saturated carbocycles. The predicted octanol–water partition coefficient (Wildman–Crippen LogP) is -1.84. The summed E-state index contributed by atoms with van der Waals surface area (Å²) in [7, 11) is 0. The molecule has 3 heterocycles. The molecule has 1 aromatic heterocycles. The fourth-order valence-electron chi connectivity index (χ4n) is 3.57. The Balaban J connectivity index is 1.88. The van der Waals surface area contributed by atoms with Crippen LogP contribution in [0.15, 0.2) is 0 Å². The van der Waals surface area contributed by atoms with Gasteiger partial charge in [-0.3, -0.25) is 19.2 Å². The smallest absolute Gasteiger partial charge is 0.271 e. The first-order chi connectivity index (χ1) is 12.2. The van der Waals surface area contributed by atoms with E-state index in [4.69, 9.17) is 11.5 Å². The third-order valence-electron chi connectivity index (χ3n) is 4.90. The van der Waals surface area contributed by atoms with Crippen LogP contribution in [-0.2, 0) is 9.59 Å². The molecule has 140 valence electrons. The minimum Gasteiger partial charge on any atom is -0.364 e. The number of piperidine rings is 1. The van der Waals surface area contributed by atoms with E-state index in [2.05, 4.69) is 15.6 Å². The average Bonchev–Trinajstić information content (AvgIpc) is 3.03. The van der Waals surface area contributed by atoms with Gasteiger partial charge in [-0.1, -0.05) is 19.1 Å². The topological polar surface area (TPSA) is 166 Å². The van der Waals surface area contributed by atoms with Crippen LogP contribution in [0, 0.1) is 5.92 Å². The highest BCUT2D eigenvalue weighted by Gasteiger charge is 2.45. The number of hydrogen-bond acceptors (Lipinski definition) is 6. The van der Waals surface area contributed by atoms with Crippen molar-refractivity contribution in [3.63, 3.8) is 0 Å². The Morgan fingerprint density at radius 1 is 1.23 bits per heavy atom. The van der Waals surface area contributed by atoms with Gasteiger partial charge in [-0.2, -0.15) is 0 Å². The predicted molar refractivity (Wildman–Crippen MR) is 87.6 cm³/mol. The summed E-state index contributed by atoms with van der Waals surface area (Å²) in [6.45, 7) is 4.07. The number of amides is 4. The number of fused-ring (bicyclic) bond motifs is 1. The minimum absolute atomic E-state index is 0.0139. The number of nitrogens with two attached hydrogens (primary N) is 2. The Hall–Kier alpha value is -2.98. The summed E-state index contributed by atoms with van der Waals surface area (Å²) in [5.74, 6) is -2.17. The summed E-state index contributed by atoms with van der Waals surface area (Å²) in [5, 5.41) is 10.2. The number of hydrogen-bond donors (Lipinski definition) is 3. The number of carbonyl (C=O) groups excluding carboxylic acids is 4. The van der Waals surface area contributed by atoms with Crippen molar-refractivity contribution < 1.29 is 19.2 Å². The largest absolute Gasteiger partial charge is 0.364 e. The second kappa shape index (κ2) is 6.39. The van der Waals surface area contributed by atoms with E-state index < -0.39 is 29.9 Å². The van der Waals surface area contributed by atoms with Crippen molar-refractivity contribution in [1.29, 1.82) is 0 Å². The maximum Gasteiger partial charge on any atom is 0.271 e. The zero-order valence-electron chi connectivity index (χ0n) is 14.5. The van der Waals surface area contributed by atoms with Crippen LogP contribution in [0.25, 0.3) is 0 Å². The Bertz CT molecular complexity index is 787. The first kappa shape index (κ1) is 17.8. The van der Waals surface area contributed by atoms with Crippen LogP contribution in [0.4, 0.5) is 0 Å². The zero-order chi connectivity index (χ0) is 19.2. The summed E-state index contributed by atoms with van der Waals surface area (Å²) in [4.78, 5) is 49.8. The van der Waals surface area contributed by atoms with Gasteiger partial charge in [0.2, 0.25) is 11.8 Å². The van der Waals surface area contributed by atoms with E-state index in [-0.39, 0.29) is 35.5 Å². The van der Waals surface area contributed by atoms with Crippen LogP contribution < -0.4 is 16.8 Å². The highest BCUT2D eigenvalue weighted by molar-refractivity contribution is 6.03. The Labute approximate surface area is 149 Å². The lowest BCUT2D eigenvalue weighted by atomic mass is 9.90. The number of primary amides is 2. The molecule has 3 rings (SSSR count). The molecule has 2 aliphatic heterocycles. The molecule has 26 heavy (non-hydrogen) atoms. The molecule has 0 bridgehead atoms. The molecule has 5 N–H and O–H groups in total. The molecule has 11 heteroatoms. The number of nitrogens with zero attached hydrogens (tertiary/aromatic N) is 4. The maximum absolute atomic E-state index is 12.6. The number of aromatic nitrogens is 3. The van der Waals surface area contributed by atoms with Gasteiger partial charge in [-0.05, 0) is 18.8 Å². The highest BCUT2D eigenvalue weighted by Crippen LogP contribution is 2.31. The molecule has 2 aliphatic rings. The molecule has 11 nitrogen and oxygen atoms in total. The van der Waals surface area contributed by atoms with Crippen LogP contribution >= 0.6 is 0 Å². The first-order valence-corrected chi connectivity index (χ1v) is 8.38. The summed E-state index contributed by atoms with van der Waals surface area (Å²) >= 11 is 0. The average molecular weight is 363 g/mol. The van der Waals surface area contributed by atoms with E-state index in [1.807, 2.05) is 13.8 Å². The number of nitrogens with one attached hydrogen (secondary N) is 1. The fourth-order valence-corrected chi connectivity index (χ4v) is 3.57. The van der Waals surface area contributed by atoms with E-state index in [9.17, 15) is 19.2 Å². The second-order valence-electron chi connectivity index (χ2n) is 6.92. The Kier molecular flexibility index (Phi) is 4.38. The van der Waals surface area contributed by atoms with Gasteiger partial charge < -0.3 is 21.7 Å². The molecule has 0 aromatic carbocycles. The van der Waals surface area contributed by atoms with Crippen LogP contribution in [-0.4, -0.2) is 62.2 Å². The van der Waals surface area contributed by atoms with Crippen molar-refractivity contribution in [3.8, 4) is 0 Å². The number of carbonyl (C=O) groups is 4. The van der Waals surface area contributed by atoms with Gasteiger partial charge in [0, 0.05) is 6.54 Å². The molecule has 0 spiro atoms. The van der Waals surface area contributed by atoms with E-state index in [1.165, 1.54) is 4.68 Å². The van der Waals surface area contributed by atoms with Gasteiger partial charge in [-0.15, -0.1) is 5.10 Å². The summed E-state index contributed by atoms with van der Waals surface area (Å²) < 4.78 is 1.24. The molecule has 3 unspecified atom stereocenters.